The predicted octanol–water partition coefficient (Wildman–Crippen LogP) is 3.19. The number of ether oxygens (including phenoxy) is 1. The molecule has 1 atom stereocenters. The van der Waals surface area contributed by atoms with Crippen molar-refractivity contribution < 1.29 is 23.9 Å². The first-order valence-electron chi connectivity index (χ1n) is 6.78. The topological polar surface area (TPSA) is 72.8 Å². The van der Waals surface area contributed by atoms with E-state index in [0.29, 0.717) is 0 Å². The highest BCUT2D eigenvalue weighted by Crippen LogP contribution is 2.37. The van der Waals surface area contributed by atoms with Crippen LogP contribution in [0.3, 0.4) is 0 Å². The third-order valence-corrected chi connectivity index (χ3v) is 7.78. The number of carboxylic acids is 1. The van der Waals surface area contributed by atoms with E-state index < -0.39 is 32.0 Å². The highest BCUT2D eigenvalue weighted by atomic mass is 28.4. The molecule has 0 unspecified atom stereocenters. The van der Waals surface area contributed by atoms with Gasteiger partial charge in [-0.2, -0.15) is 0 Å². The maximum absolute atomic E-state index is 11.8. The van der Waals surface area contributed by atoms with Crippen molar-refractivity contribution in [1.29, 1.82) is 0 Å². The van der Waals surface area contributed by atoms with Crippen LogP contribution < -0.4 is 0 Å². The van der Waals surface area contributed by atoms with Crippen molar-refractivity contribution in [3.63, 3.8) is 0 Å². The van der Waals surface area contributed by atoms with E-state index >= 15 is 0 Å². The van der Waals surface area contributed by atoms with Gasteiger partial charge in [0.05, 0.1) is 6.42 Å². The predicted molar refractivity (Wildman–Crippen MR) is 80.2 cm³/mol. The van der Waals surface area contributed by atoms with Gasteiger partial charge in [0.1, 0.15) is 5.60 Å². The summed E-state index contributed by atoms with van der Waals surface area (Å²) in [5.74, 6) is -1.68. The van der Waals surface area contributed by atoms with E-state index in [1.807, 2.05) is 33.9 Å². The number of carbonyl (C=O) groups is 2. The Morgan fingerprint density at radius 1 is 1.10 bits per heavy atom. The van der Waals surface area contributed by atoms with Crippen LogP contribution in [0.1, 0.15) is 48.0 Å². The fourth-order valence-corrected chi connectivity index (χ4v) is 2.50. The first-order valence-corrected chi connectivity index (χ1v) is 9.69. The molecule has 0 saturated heterocycles. The second-order valence-corrected chi connectivity index (χ2v) is 12.3. The number of hydrogen-bond donors (Lipinski definition) is 1. The normalized spacial score (nSPS) is 14.8. The molecule has 0 aliphatic rings. The highest BCUT2D eigenvalue weighted by molar-refractivity contribution is 6.74. The number of rotatable bonds is 5. The lowest BCUT2D eigenvalue weighted by molar-refractivity contribution is -0.162. The Bertz CT molecular complexity index is 363. The molecule has 0 aromatic heterocycles. The number of carbonyl (C=O) groups excluding carboxylic acids is 1. The van der Waals surface area contributed by atoms with E-state index in [-0.39, 0.29) is 11.5 Å². The van der Waals surface area contributed by atoms with Crippen molar-refractivity contribution in [3.8, 4) is 0 Å². The third-order valence-electron chi connectivity index (χ3n) is 3.29. The van der Waals surface area contributed by atoms with Gasteiger partial charge in [-0.05, 0) is 38.9 Å². The van der Waals surface area contributed by atoms with Crippen LogP contribution in [0.4, 0.5) is 0 Å². The van der Waals surface area contributed by atoms with Crippen LogP contribution in [-0.2, 0) is 18.8 Å². The lowest BCUT2D eigenvalue weighted by Crippen LogP contribution is -2.47. The Hall–Kier alpha value is -0.883. The summed E-state index contributed by atoms with van der Waals surface area (Å²) in [5.41, 5.74) is -0.628. The monoisotopic (exact) mass is 304 g/mol. The minimum atomic E-state index is -2.24. The van der Waals surface area contributed by atoms with Crippen molar-refractivity contribution in [3.05, 3.63) is 0 Å². The molecule has 0 aliphatic heterocycles. The van der Waals surface area contributed by atoms with Crippen LogP contribution in [0.2, 0.25) is 18.1 Å². The SMILES string of the molecule is CC(C)(C)OC(=O)C[C@H](O[Si](C)(C)C(C)(C)C)C(=O)O. The summed E-state index contributed by atoms with van der Waals surface area (Å²) in [6, 6.07) is 0. The molecule has 0 radical (unpaired) electrons. The number of hydrogen-bond acceptors (Lipinski definition) is 4. The molecule has 0 bridgehead atoms. The van der Waals surface area contributed by atoms with Gasteiger partial charge in [0.25, 0.3) is 0 Å². The third kappa shape index (κ3) is 6.52. The molecule has 0 rings (SSSR count). The zero-order valence-electron chi connectivity index (χ0n) is 13.9. The molecule has 0 fully saturated rings. The summed E-state index contributed by atoms with van der Waals surface area (Å²) in [7, 11) is -2.24. The second kappa shape index (κ2) is 6.26. The van der Waals surface area contributed by atoms with Crippen molar-refractivity contribution in [1.82, 2.24) is 0 Å². The maximum Gasteiger partial charge on any atom is 0.332 e. The van der Waals surface area contributed by atoms with Crippen molar-refractivity contribution >= 4 is 20.3 Å². The van der Waals surface area contributed by atoms with Gasteiger partial charge in [-0.3, -0.25) is 4.79 Å². The fraction of sp³-hybridized carbons (Fsp3) is 0.857. The molecular weight excluding hydrogens is 276 g/mol. The minimum absolute atomic E-state index is 0.116. The average molecular weight is 304 g/mol. The molecule has 1 N–H and O–H groups in total. The summed E-state index contributed by atoms with van der Waals surface area (Å²) in [4.78, 5) is 23.1. The van der Waals surface area contributed by atoms with E-state index in [0.717, 1.165) is 0 Å². The molecule has 0 aliphatic carbocycles. The summed E-state index contributed by atoms with van der Waals surface area (Å²) in [6.45, 7) is 15.2. The summed E-state index contributed by atoms with van der Waals surface area (Å²) >= 11 is 0. The van der Waals surface area contributed by atoms with E-state index in [1.54, 1.807) is 20.8 Å². The van der Waals surface area contributed by atoms with E-state index in [4.69, 9.17) is 9.16 Å². The Kier molecular flexibility index (Phi) is 5.98. The molecule has 20 heavy (non-hydrogen) atoms. The van der Waals surface area contributed by atoms with E-state index in [9.17, 15) is 14.7 Å². The highest BCUT2D eigenvalue weighted by Gasteiger charge is 2.41. The largest absolute Gasteiger partial charge is 0.479 e. The summed E-state index contributed by atoms with van der Waals surface area (Å²) < 4.78 is 10.9. The maximum atomic E-state index is 11.8. The molecule has 0 saturated carbocycles. The lowest BCUT2D eigenvalue weighted by Gasteiger charge is -2.38. The molecule has 118 valence electrons. The Balaban J connectivity index is 4.86. The molecule has 0 aromatic carbocycles. The quantitative estimate of drug-likeness (QED) is 0.624. The van der Waals surface area contributed by atoms with Crippen molar-refractivity contribution in [2.45, 2.75) is 77.8 Å². The second-order valence-electron chi connectivity index (χ2n) is 7.50. The van der Waals surface area contributed by atoms with Crippen LogP contribution in [0.25, 0.3) is 0 Å². The molecule has 5 nitrogen and oxygen atoms in total. The van der Waals surface area contributed by atoms with E-state index in [1.165, 1.54) is 0 Å². The lowest BCUT2D eigenvalue weighted by atomic mass is 10.2. The molecular formula is C14H28O5Si. The van der Waals surface area contributed by atoms with Gasteiger partial charge in [-0.25, -0.2) is 4.79 Å². The van der Waals surface area contributed by atoms with Gasteiger partial charge >= 0.3 is 11.9 Å². The van der Waals surface area contributed by atoms with Gasteiger partial charge in [-0.1, -0.05) is 20.8 Å². The van der Waals surface area contributed by atoms with Gasteiger partial charge in [0.2, 0.25) is 0 Å². The summed E-state index contributed by atoms with van der Waals surface area (Å²) in [6.07, 6.45) is -1.41. The average Bonchev–Trinajstić information content (AvgIpc) is 2.10. The first kappa shape index (κ1) is 19.1. The van der Waals surface area contributed by atoms with Crippen LogP contribution >= 0.6 is 0 Å². The van der Waals surface area contributed by atoms with Crippen molar-refractivity contribution in [2.75, 3.05) is 0 Å². The zero-order valence-corrected chi connectivity index (χ0v) is 14.9. The Labute approximate surface area is 122 Å². The van der Waals surface area contributed by atoms with E-state index in [2.05, 4.69) is 0 Å². The molecule has 0 amide bonds. The number of esters is 1. The van der Waals surface area contributed by atoms with Gasteiger partial charge in [-0.15, -0.1) is 0 Å². The molecule has 0 aromatic rings. The van der Waals surface area contributed by atoms with Gasteiger partial charge in [0.15, 0.2) is 14.4 Å². The Morgan fingerprint density at radius 3 is 1.85 bits per heavy atom. The number of carboxylic acid groups (broad SMARTS) is 1. The van der Waals surface area contributed by atoms with Crippen LogP contribution in [0.15, 0.2) is 0 Å². The molecule has 6 heteroatoms. The smallest absolute Gasteiger partial charge is 0.332 e. The molecule has 0 spiro atoms. The zero-order chi connectivity index (χ0) is 16.4. The van der Waals surface area contributed by atoms with Gasteiger partial charge < -0.3 is 14.3 Å². The standard InChI is InChI=1S/C14H28O5Si/c1-13(2,3)18-11(15)9-10(12(16)17)19-20(7,8)14(4,5)6/h10H,9H2,1-8H3,(H,16,17)/t10-/m0/s1. The minimum Gasteiger partial charge on any atom is -0.479 e. The van der Waals surface area contributed by atoms with Crippen LogP contribution in [0.5, 0.6) is 0 Å². The first-order chi connectivity index (χ1) is 8.66. The Morgan fingerprint density at radius 2 is 1.55 bits per heavy atom. The van der Waals surface area contributed by atoms with Gasteiger partial charge in [0, 0.05) is 0 Å². The van der Waals surface area contributed by atoms with Crippen LogP contribution in [-0.4, -0.2) is 37.1 Å². The van der Waals surface area contributed by atoms with Crippen LogP contribution in [0, 0.1) is 0 Å². The number of aliphatic carboxylic acids is 1. The van der Waals surface area contributed by atoms with Crippen molar-refractivity contribution in [2.24, 2.45) is 0 Å². The summed E-state index contributed by atoms with van der Waals surface area (Å²) in [5, 5.41) is 9.12. The fourth-order valence-electron chi connectivity index (χ4n) is 1.25. The molecule has 0 heterocycles.